The van der Waals surface area contributed by atoms with Crippen molar-refractivity contribution in [2.45, 2.75) is 44.7 Å². The van der Waals surface area contributed by atoms with Crippen molar-refractivity contribution in [2.75, 3.05) is 20.8 Å². The molecule has 5 nitrogen and oxygen atoms in total. The first-order valence-electron chi connectivity index (χ1n) is 6.42. The summed E-state index contributed by atoms with van der Waals surface area (Å²) in [6, 6.07) is 0. The van der Waals surface area contributed by atoms with Crippen molar-refractivity contribution in [2.24, 2.45) is 0 Å². The van der Waals surface area contributed by atoms with Gasteiger partial charge in [-0.25, -0.2) is 4.68 Å². The van der Waals surface area contributed by atoms with Crippen molar-refractivity contribution < 1.29 is 4.74 Å². The lowest BCUT2D eigenvalue weighted by Gasteiger charge is -2.26. The van der Waals surface area contributed by atoms with Crippen LogP contribution in [0.3, 0.4) is 0 Å². The highest BCUT2D eigenvalue weighted by molar-refractivity contribution is 5.18. The molecule has 0 radical (unpaired) electrons. The SMILES string of the molecule is CNCc1nnn(CCCOC)c1C1CCC1. The molecule has 0 aliphatic heterocycles. The largest absolute Gasteiger partial charge is 0.385 e. The van der Waals surface area contributed by atoms with Gasteiger partial charge in [-0.15, -0.1) is 5.10 Å². The maximum atomic E-state index is 5.08. The van der Waals surface area contributed by atoms with Gasteiger partial charge in [0.1, 0.15) is 0 Å². The van der Waals surface area contributed by atoms with Gasteiger partial charge in [0.15, 0.2) is 0 Å². The number of nitrogens with one attached hydrogen (secondary N) is 1. The molecule has 1 N–H and O–H groups in total. The second-order valence-corrected chi connectivity index (χ2v) is 4.65. The van der Waals surface area contributed by atoms with E-state index in [0.717, 1.165) is 31.8 Å². The normalized spacial score (nSPS) is 16.1. The van der Waals surface area contributed by atoms with E-state index in [4.69, 9.17) is 4.74 Å². The van der Waals surface area contributed by atoms with Crippen LogP contribution in [-0.2, 0) is 17.8 Å². The zero-order valence-corrected chi connectivity index (χ0v) is 10.8. The van der Waals surface area contributed by atoms with E-state index in [9.17, 15) is 0 Å². The van der Waals surface area contributed by atoms with Gasteiger partial charge < -0.3 is 10.1 Å². The summed E-state index contributed by atoms with van der Waals surface area (Å²) in [5.41, 5.74) is 2.47. The molecule has 1 fully saturated rings. The van der Waals surface area contributed by atoms with Gasteiger partial charge in [0, 0.05) is 32.7 Å². The summed E-state index contributed by atoms with van der Waals surface area (Å²) in [7, 11) is 3.69. The maximum Gasteiger partial charge on any atom is 0.0999 e. The van der Waals surface area contributed by atoms with Crippen molar-refractivity contribution in [3.05, 3.63) is 11.4 Å². The zero-order valence-electron chi connectivity index (χ0n) is 10.8. The van der Waals surface area contributed by atoms with Crippen LogP contribution in [0.1, 0.15) is 43.0 Å². The highest BCUT2D eigenvalue weighted by Crippen LogP contribution is 2.37. The first-order valence-corrected chi connectivity index (χ1v) is 6.42. The topological polar surface area (TPSA) is 52.0 Å². The van der Waals surface area contributed by atoms with Gasteiger partial charge >= 0.3 is 0 Å². The van der Waals surface area contributed by atoms with E-state index in [-0.39, 0.29) is 0 Å². The van der Waals surface area contributed by atoms with Crippen molar-refractivity contribution in [1.29, 1.82) is 0 Å². The molecule has 0 aromatic carbocycles. The van der Waals surface area contributed by atoms with Gasteiger partial charge in [0.05, 0.1) is 11.4 Å². The van der Waals surface area contributed by atoms with Crippen LogP contribution in [-0.4, -0.2) is 35.8 Å². The van der Waals surface area contributed by atoms with E-state index >= 15 is 0 Å². The fourth-order valence-electron chi connectivity index (χ4n) is 2.30. The first-order chi connectivity index (χ1) is 8.36. The van der Waals surface area contributed by atoms with Gasteiger partial charge in [-0.3, -0.25) is 0 Å². The monoisotopic (exact) mass is 238 g/mol. The molecule has 17 heavy (non-hydrogen) atoms. The highest BCUT2D eigenvalue weighted by Gasteiger charge is 2.27. The number of aryl methyl sites for hydroxylation is 1. The zero-order chi connectivity index (χ0) is 12.1. The number of nitrogens with zero attached hydrogens (tertiary/aromatic N) is 3. The number of aromatic nitrogens is 3. The maximum absolute atomic E-state index is 5.08. The molecule has 1 saturated carbocycles. The molecule has 0 saturated heterocycles. The average Bonchev–Trinajstić information content (AvgIpc) is 2.62. The fourth-order valence-corrected chi connectivity index (χ4v) is 2.30. The Morgan fingerprint density at radius 2 is 2.29 bits per heavy atom. The number of hydrogen-bond acceptors (Lipinski definition) is 4. The Bertz CT molecular complexity index is 346. The minimum absolute atomic E-state index is 0.677. The standard InChI is InChI=1S/C12H22N4O/c1-13-9-11-12(10-5-3-6-10)16(15-14-11)7-4-8-17-2/h10,13H,3-9H2,1-2H3. The second kappa shape index (κ2) is 6.12. The van der Waals surface area contributed by atoms with Crippen LogP contribution in [0.2, 0.25) is 0 Å². The molecule has 1 aliphatic carbocycles. The molecule has 0 bridgehead atoms. The van der Waals surface area contributed by atoms with Crippen LogP contribution in [0.4, 0.5) is 0 Å². The summed E-state index contributed by atoms with van der Waals surface area (Å²) in [5, 5.41) is 11.7. The molecule has 0 spiro atoms. The van der Waals surface area contributed by atoms with Gasteiger partial charge in [0.25, 0.3) is 0 Å². The van der Waals surface area contributed by atoms with E-state index in [1.807, 2.05) is 7.05 Å². The third-order valence-electron chi connectivity index (χ3n) is 3.40. The summed E-state index contributed by atoms with van der Waals surface area (Å²) in [5.74, 6) is 0.677. The van der Waals surface area contributed by atoms with E-state index in [1.54, 1.807) is 7.11 Å². The van der Waals surface area contributed by atoms with Crippen LogP contribution in [0, 0.1) is 0 Å². The molecule has 5 heteroatoms. The molecule has 2 rings (SSSR count). The number of ether oxygens (including phenoxy) is 1. The van der Waals surface area contributed by atoms with Crippen LogP contribution in [0.25, 0.3) is 0 Å². The van der Waals surface area contributed by atoms with Crippen LogP contribution < -0.4 is 5.32 Å². The van der Waals surface area contributed by atoms with E-state index in [1.165, 1.54) is 25.0 Å². The average molecular weight is 238 g/mol. The van der Waals surface area contributed by atoms with Crippen molar-refractivity contribution in [3.8, 4) is 0 Å². The van der Waals surface area contributed by atoms with E-state index in [0.29, 0.717) is 5.92 Å². The Hall–Kier alpha value is -0.940. The van der Waals surface area contributed by atoms with Crippen molar-refractivity contribution >= 4 is 0 Å². The minimum Gasteiger partial charge on any atom is -0.385 e. The van der Waals surface area contributed by atoms with Crippen LogP contribution in [0.5, 0.6) is 0 Å². The van der Waals surface area contributed by atoms with Crippen molar-refractivity contribution in [1.82, 2.24) is 20.3 Å². The summed E-state index contributed by atoms with van der Waals surface area (Å²) >= 11 is 0. The van der Waals surface area contributed by atoms with E-state index in [2.05, 4.69) is 20.3 Å². The van der Waals surface area contributed by atoms with Crippen LogP contribution >= 0.6 is 0 Å². The molecule has 0 amide bonds. The summed E-state index contributed by atoms with van der Waals surface area (Å²) in [4.78, 5) is 0. The fraction of sp³-hybridized carbons (Fsp3) is 0.833. The van der Waals surface area contributed by atoms with Gasteiger partial charge in [-0.1, -0.05) is 11.6 Å². The van der Waals surface area contributed by atoms with Gasteiger partial charge in [-0.2, -0.15) is 0 Å². The predicted molar refractivity (Wildman–Crippen MR) is 65.9 cm³/mol. The molecule has 1 aliphatic rings. The highest BCUT2D eigenvalue weighted by atomic mass is 16.5. The smallest absolute Gasteiger partial charge is 0.0999 e. The number of methoxy groups -OCH3 is 1. The lowest BCUT2D eigenvalue weighted by Crippen LogP contribution is -2.19. The summed E-state index contributed by atoms with van der Waals surface area (Å²) < 4.78 is 7.16. The Balaban J connectivity index is 2.07. The Labute approximate surface area is 103 Å². The lowest BCUT2D eigenvalue weighted by atomic mass is 9.82. The number of hydrogen-bond donors (Lipinski definition) is 1. The van der Waals surface area contributed by atoms with Crippen LogP contribution in [0.15, 0.2) is 0 Å². The van der Waals surface area contributed by atoms with Gasteiger partial charge in [-0.05, 0) is 26.3 Å². The Morgan fingerprint density at radius 1 is 1.47 bits per heavy atom. The molecular formula is C12H22N4O. The third kappa shape index (κ3) is 2.84. The molecule has 1 aromatic rings. The summed E-state index contributed by atoms with van der Waals surface area (Å²) in [6.45, 7) is 2.51. The molecular weight excluding hydrogens is 216 g/mol. The quantitative estimate of drug-likeness (QED) is 0.728. The Kier molecular flexibility index (Phi) is 4.50. The Morgan fingerprint density at radius 3 is 2.88 bits per heavy atom. The molecule has 0 atom stereocenters. The number of rotatable bonds is 7. The molecule has 96 valence electrons. The molecule has 1 heterocycles. The second-order valence-electron chi connectivity index (χ2n) is 4.65. The molecule has 1 aromatic heterocycles. The van der Waals surface area contributed by atoms with Gasteiger partial charge in [0.2, 0.25) is 0 Å². The predicted octanol–water partition coefficient (Wildman–Crippen LogP) is 1.30. The van der Waals surface area contributed by atoms with E-state index < -0.39 is 0 Å². The first kappa shape index (κ1) is 12.5. The summed E-state index contributed by atoms with van der Waals surface area (Å²) in [6.07, 6.45) is 4.91. The molecule has 0 unspecified atom stereocenters. The minimum atomic E-state index is 0.677. The third-order valence-corrected chi connectivity index (χ3v) is 3.40. The van der Waals surface area contributed by atoms with Crippen molar-refractivity contribution in [3.63, 3.8) is 0 Å². The lowest BCUT2D eigenvalue weighted by molar-refractivity contribution is 0.187.